The van der Waals surface area contributed by atoms with Gasteiger partial charge in [0.05, 0.1) is 32.8 Å². The molecule has 0 aromatic carbocycles. The van der Waals surface area contributed by atoms with Gasteiger partial charge in [-0.3, -0.25) is 37.3 Å². The second-order valence-electron chi connectivity index (χ2n) is 23.1. The summed E-state index contributed by atoms with van der Waals surface area (Å²) in [6.45, 7) is 4.37. The van der Waals surface area contributed by atoms with Crippen LogP contribution >= 0.6 is 15.6 Å². The molecule has 536 valence electrons. The lowest BCUT2D eigenvalue weighted by molar-refractivity contribution is -0.161. The summed E-state index contributed by atoms with van der Waals surface area (Å²) in [5.74, 6) is -2.41. The van der Waals surface area contributed by atoms with Gasteiger partial charge in [-0.25, -0.2) is 9.13 Å². The smallest absolute Gasteiger partial charge is 0.462 e. The monoisotopic (exact) mass is 1360 g/mol. The first-order valence-electron chi connectivity index (χ1n) is 35.4. The fourth-order valence-corrected chi connectivity index (χ4v) is 10.4. The van der Waals surface area contributed by atoms with Crippen molar-refractivity contribution in [2.24, 2.45) is 0 Å². The van der Waals surface area contributed by atoms with Crippen molar-refractivity contribution in [3.8, 4) is 0 Å². The Labute approximate surface area is 567 Å². The van der Waals surface area contributed by atoms with E-state index in [0.717, 1.165) is 122 Å². The number of phosphoric acid groups is 2. The van der Waals surface area contributed by atoms with Gasteiger partial charge in [0.1, 0.15) is 19.3 Å². The van der Waals surface area contributed by atoms with Gasteiger partial charge in [-0.2, -0.15) is 0 Å². The maximum Gasteiger partial charge on any atom is 0.472 e. The predicted molar refractivity (Wildman–Crippen MR) is 381 cm³/mol. The Bertz CT molecular complexity index is 2310. The van der Waals surface area contributed by atoms with Crippen LogP contribution in [0.15, 0.2) is 134 Å². The second-order valence-corrected chi connectivity index (χ2v) is 26.0. The summed E-state index contributed by atoms with van der Waals surface area (Å²) in [6, 6.07) is 0. The molecule has 94 heavy (non-hydrogen) atoms. The number of ether oxygens (including phenoxy) is 4. The zero-order valence-electron chi connectivity index (χ0n) is 58.1. The van der Waals surface area contributed by atoms with Crippen molar-refractivity contribution in [1.29, 1.82) is 0 Å². The van der Waals surface area contributed by atoms with Gasteiger partial charge >= 0.3 is 39.5 Å². The van der Waals surface area contributed by atoms with Crippen LogP contribution in [0.4, 0.5) is 0 Å². The van der Waals surface area contributed by atoms with E-state index in [4.69, 9.17) is 37.0 Å². The number of rotatable bonds is 65. The number of unbranched alkanes of at least 4 members (excludes halogenated alkanes) is 18. The first-order chi connectivity index (χ1) is 45.7. The van der Waals surface area contributed by atoms with E-state index in [2.05, 4.69) is 125 Å². The third kappa shape index (κ3) is 65.8. The zero-order chi connectivity index (χ0) is 69.0. The Balaban J connectivity index is 5.46. The standard InChI is InChI=1S/C75H124O17P2/c1-5-9-13-17-21-25-29-31-33-34-36-37-41-44-48-52-56-60-73(78)86-66-71(92-75(80)62-58-54-50-46-42-38-35-32-30-26-22-18-14-10-6-2)68-90-94(83,84)88-64-69(76)63-87-93(81,82)89-67-70(91-74(79)61-57-53-49-45-40-28-24-20-16-12-8-4)65-85-72(77)59-55-51-47-43-39-27-23-19-15-11-7-3/h9-10,13-14,19,21-23,25-26,31-33,35-37,42,44,46,48,54,58,69-71,76H,5-8,11-12,15-18,20,24,27-30,34,38-41,43,45,47,49-53,55-57,59-68H2,1-4H3,(H,81,82)(H,83,84)/b13-9-,14-10-,23-19-,25-21-,26-22-,33-31-,35-32-,37-36-,46-42-,48-44-,58-54-. The van der Waals surface area contributed by atoms with Crippen LogP contribution in [0, 0.1) is 0 Å². The van der Waals surface area contributed by atoms with E-state index in [-0.39, 0.29) is 25.7 Å². The molecule has 0 aromatic rings. The van der Waals surface area contributed by atoms with Crippen LogP contribution in [-0.4, -0.2) is 96.7 Å². The molecular formula is C75H124O17P2. The molecule has 0 spiro atoms. The van der Waals surface area contributed by atoms with Gasteiger partial charge in [0.2, 0.25) is 0 Å². The Morgan fingerprint density at radius 3 is 1.03 bits per heavy atom. The number of carbonyl (C=O) groups excluding carboxylic acids is 4. The molecule has 0 aromatic heterocycles. The number of phosphoric ester groups is 2. The highest BCUT2D eigenvalue weighted by Gasteiger charge is 2.30. The van der Waals surface area contributed by atoms with E-state index in [1.165, 1.54) is 51.4 Å². The zero-order valence-corrected chi connectivity index (χ0v) is 59.9. The second kappa shape index (κ2) is 66.8. The fourth-order valence-electron chi connectivity index (χ4n) is 8.78. The van der Waals surface area contributed by atoms with Gasteiger partial charge in [0.15, 0.2) is 12.2 Å². The Morgan fingerprint density at radius 1 is 0.319 bits per heavy atom. The van der Waals surface area contributed by atoms with Crippen molar-refractivity contribution in [3.05, 3.63) is 134 Å². The predicted octanol–water partition coefficient (Wildman–Crippen LogP) is 19.8. The first kappa shape index (κ1) is 89.2. The molecule has 0 radical (unpaired) electrons. The maximum atomic E-state index is 13.0. The molecule has 3 N–H and O–H groups in total. The normalized spacial score (nSPS) is 14.8. The molecule has 19 heteroatoms. The highest BCUT2D eigenvalue weighted by atomic mass is 31.2. The van der Waals surface area contributed by atoms with Crippen molar-refractivity contribution >= 4 is 39.5 Å². The number of aliphatic hydroxyl groups is 1. The Kier molecular flexibility index (Phi) is 63.4. The minimum Gasteiger partial charge on any atom is -0.462 e. The average Bonchev–Trinajstić information content (AvgIpc) is 1.29. The molecule has 0 aliphatic heterocycles. The van der Waals surface area contributed by atoms with Crippen LogP contribution in [0.3, 0.4) is 0 Å². The van der Waals surface area contributed by atoms with Crippen molar-refractivity contribution in [1.82, 2.24) is 0 Å². The molecule has 0 saturated heterocycles. The van der Waals surface area contributed by atoms with E-state index < -0.39 is 97.5 Å². The molecule has 0 aliphatic carbocycles. The third-order valence-corrected chi connectivity index (χ3v) is 16.0. The molecular weight excluding hydrogens is 1230 g/mol. The van der Waals surface area contributed by atoms with Gasteiger partial charge in [-0.15, -0.1) is 0 Å². The van der Waals surface area contributed by atoms with Crippen molar-refractivity contribution in [3.63, 3.8) is 0 Å². The third-order valence-electron chi connectivity index (χ3n) is 14.1. The molecule has 5 unspecified atom stereocenters. The molecule has 0 amide bonds. The summed E-state index contributed by atoms with van der Waals surface area (Å²) < 4.78 is 68.0. The molecule has 5 atom stereocenters. The maximum absolute atomic E-state index is 13.0. The quantitative estimate of drug-likeness (QED) is 0.0169. The number of allylic oxidation sites excluding steroid dienone is 21. The van der Waals surface area contributed by atoms with Crippen LogP contribution in [0.5, 0.6) is 0 Å². The lowest BCUT2D eigenvalue weighted by Crippen LogP contribution is -2.30. The number of hydrogen-bond acceptors (Lipinski definition) is 15. The minimum absolute atomic E-state index is 0.0600. The van der Waals surface area contributed by atoms with Crippen LogP contribution < -0.4 is 0 Å². The molecule has 0 fully saturated rings. The van der Waals surface area contributed by atoms with Gasteiger partial charge < -0.3 is 33.8 Å². The Morgan fingerprint density at radius 2 is 0.617 bits per heavy atom. The molecule has 17 nitrogen and oxygen atoms in total. The fraction of sp³-hybridized carbons (Fsp3) is 0.653. The van der Waals surface area contributed by atoms with Crippen molar-refractivity contribution < 1.29 is 80.2 Å². The van der Waals surface area contributed by atoms with Crippen LogP contribution in [0.25, 0.3) is 0 Å². The van der Waals surface area contributed by atoms with Gasteiger partial charge in [-0.05, 0) is 109 Å². The van der Waals surface area contributed by atoms with Crippen LogP contribution in [0.1, 0.15) is 259 Å². The summed E-state index contributed by atoms with van der Waals surface area (Å²) in [5.41, 5.74) is 0. The van der Waals surface area contributed by atoms with Crippen molar-refractivity contribution in [2.45, 2.75) is 277 Å². The van der Waals surface area contributed by atoms with Crippen LogP contribution in [-0.2, 0) is 65.4 Å². The van der Waals surface area contributed by atoms with Crippen molar-refractivity contribution in [2.75, 3.05) is 39.6 Å². The van der Waals surface area contributed by atoms with E-state index in [1.54, 1.807) is 12.2 Å². The summed E-state index contributed by atoms with van der Waals surface area (Å²) in [4.78, 5) is 72.5. The first-order valence-corrected chi connectivity index (χ1v) is 38.4. The molecule has 0 aliphatic rings. The summed E-state index contributed by atoms with van der Waals surface area (Å²) >= 11 is 0. The van der Waals surface area contributed by atoms with E-state index in [1.807, 2.05) is 24.3 Å². The highest BCUT2D eigenvalue weighted by molar-refractivity contribution is 7.47. The van der Waals surface area contributed by atoms with Gasteiger partial charge in [-0.1, -0.05) is 258 Å². The van der Waals surface area contributed by atoms with Gasteiger partial charge in [0.25, 0.3) is 0 Å². The molecule has 0 bridgehead atoms. The largest absolute Gasteiger partial charge is 0.472 e. The number of hydrogen-bond donors (Lipinski definition) is 3. The lowest BCUT2D eigenvalue weighted by atomic mass is 10.1. The topological polar surface area (TPSA) is 237 Å². The van der Waals surface area contributed by atoms with E-state index in [0.29, 0.717) is 32.1 Å². The van der Waals surface area contributed by atoms with E-state index in [9.17, 15) is 43.2 Å². The molecule has 0 saturated carbocycles. The molecule has 0 heterocycles. The Hall–Kier alpha value is -4.80. The van der Waals surface area contributed by atoms with Gasteiger partial charge in [0, 0.05) is 19.3 Å². The summed E-state index contributed by atoms with van der Waals surface area (Å²) in [7, 11) is -9.99. The number of aliphatic hydroxyl groups excluding tert-OH is 1. The SMILES string of the molecule is CC/C=C\C/C=C\C/C=C\C/C=C\C/C=C\CCCC(=O)OCC(COP(=O)(O)OCC(O)COP(=O)(O)OCC(COC(=O)CCCCCCC/C=C\CCCC)OC(=O)CCCCCCCCCCCCC)OC(=O)C/C=C\C/C=C\C/C=C\C/C=C\C/C=C\CC. The summed E-state index contributed by atoms with van der Waals surface area (Å²) in [6.07, 6.45) is 72.3. The minimum atomic E-state index is -5.01. The van der Waals surface area contributed by atoms with E-state index >= 15 is 0 Å². The summed E-state index contributed by atoms with van der Waals surface area (Å²) in [5, 5.41) is 10.6. The average molecular weight is 1360 g/mol. The highest BCUT2D eigenvalue weighted by Crippen LogP contribution is 2.45. The number of esters is 4. The lowest BCUT2D eigenvalue weighted by Gasteiger charge is -2.21. The molecule has 0 rings (SSSR count). The number of carbonyl (C=O) groups is 4. The van der Waals surface area contributed by atoms with Crippen LogP contribution in [0.2, 0.25) is 0 Å².